The van der Waals surface area contributed by atoms with E-state index >= 15 is 0 Å². The molecular weight excluding hydrogens is 347 g/mol. The molecule has 0 bridgehead atoms. The van der Waals surface area contributed by atoms with Gasteiger partial charge in [-0.1, -0.05) is 26.7 Å². The van der Waals surface area contributed by atoms with Gasteiger partial charge in [0, 0.05) is 45.5 Å². The van der Waals surface area contributed by atoms with Crippen molar-refractivity contribution in [3.63, 3.8) is 0 Å². The minimum absolute atomic E-state index is 0.0996. The maximum atomic E-state index is 13.5. The van der Waals surface area contributed by atoms with Crippen LogP contribution in [0.15, 0.2) is 17.4 Å². The minimum Gasteiger partial charge on any atom is -0.374 e. The molecule has 0 aliphatic heterocycles. The van der Waals surface area contributed by atoms with Gasteiger partial charge in [-0.25, -0.2) is 4.98 Å². The molecule has 3 N–H and O–H groups in total. The molecule has 1 rings (SSSR count). The Kier molecular flexibility index (Phi) is 8.39. The molecule has 0 aliphatic carbocycles. The number of nitrogens with one attached hydrogen (secondary N) is 2. The van der Waals surface area contributed by atoms with Gasteiger partial charge in [0.15, 0.2) is 5.96 Å². The van der Waals surface area contributed by atoms with Crippen LogP contribution in [0.25, 0.3) is 0 Å². The lowest BCUT2D eigenvalue weighted by Crippen LogP contribution is -2.48. The van der Waals surface area contributed by atoms with Crippen LogP contribution in [-0.2, 0) is 12.6 Å². The first kappa shape index (κ1) is 22.3. The Hall–Kier alpha value is -1.77. The van der Waals surface area contributed by atoms with Crippen molar-refractivity contribution in [2.24, 2.45) is 18.0 Å². The van der Waals surface area contributed by atoms with Crippen molar-refractivity contribution in [2.45, 2.75) is 51.8 Å². The predicted octanol–water partition coefficient (Wildman–Crippen LogP) is 2.55. The summed E-state index contributed by atoms with van der Waals surface area (Å²) in [6.45, 7) is 7.15. The smallest absolute Gasteiger partial charge is 0.374 e. The molecule has 1 aromatic heterocycles. The molecule has 26 heavy (non-hydrogen) atoms. The molecule has 0 radical (unpaired) electrons. The quantitative estimate of drug-likeness (QED) is 0.457. The van der Waals surface area contributed by atoms with Crippen LogP contribution in [0.5, 0.6) is 0 Å². The van der Waals surface area contributed by atoms with Crippen molar-refractivity contribution in [3.8, 4) is 0 Å². The Morgan fingerprint density at radius 1 is 1.27 bits per heavy atom. The lowest BCUT2D eigenvalue weighted by molar-refractivity contribution is -0.272. The standard InChI is InChI=1S/C17H30F3N5O/c1-5-13(6-2)12-24-15(21-7-3)23-9-8-16(26,17(18,19)20)14-22-10-11-25(14)4/h10-11,13,26H,5-9,12H2,1-4H3,(H2,21,23,24). The van der Waals surface area contributed by atoms with Gasteiger partial charge in [-0.15, -0.1) is 0 Å². The number of aromatic nitrogens is 2. The molecule has 150 valence electrons. The maximum absolute atomic E-state index is 13.5. The van der Waals surface area contributed by atoms with E-state index in [4.69, 9.17) is 0 Å². The number of hydrogen-bond donors (Lipinski definition) is 3. The highest BCUT2D eigenvalue weighted by molar-refractivity contribution is 5.79. The van der Waals surface area contributed by atoms with Crippen LogP contribution in [0.1, 0.15) is 45.9 Å². The van der Waals surface area contributed by atoms with Crippen molar-refractivity contribution in [3.05, 3.63) is 18.2 Å². The molecule has 0 aliphatic rings. The Morgan fingerprint density at radius 3 is 2.38 bits per heavy atom. The average molecular weight is 377 g/mol. The van der Waals surface area contributed by atoms with Gasteiger partial charge in [-0.2, -0.15) is 13.2 Å². The highest BCUT2D eigenvalue weighted by atomic mass is 19.4. The third-order valence-corrected chi connectivity index (χ3v) is 4.45. The van der Waals surface area contributed by atoms with Crippen LogP contribution in [0.2, 0.25) is 0 Å². The number of halogens is 3. The van der Waals surface area contributed by atoms with E-state index in [0.29, 0.717) is 25.0 Å². The van der Waals surface area contributed by atoms with Crippen molar-refractivity contribution >= 4 is 5.96 Å². The number of alkyl halides is 3. The van der Waals surface area contributed by atoms with Crippen LogP contribution in [0, 0.1) is 5.92 Å². The summed E-state index contributed by atoms with van der Waals surface area (Å²) in [5, 5.41) is 16.2. The highest BCUT2D eigenvalue weighted by Crippen LogP contribution is 2.40. The lowest BCUT2D eigenvalue weighted by Gasteiger charge is -2.30. The first-order chi connectivity index (χ1) is 12.2. The number of hydrogen-bond acceptors (Lipinski definition) is 3. The van der Waals surface area contributed by atoms with E-state index in [0.717, 1.165) is 12.8 Å². The zero-order valence-corrected chi connectivity index (χ0v) is 15.9. The van der Waals surface area contributed by atoms with E-state index in [2.05, 4.69) is 34.5 Å². The molecule has 1 heterocycles. The molecule has 1 unspecified atom stereocenters. The summed E-state index contributed by atoms with van der Waals surface area (Å²) in [4.78, 5) is 8.12. The van der Waals surface area contributed by atoms with E-state index in [1.165, 1.54) is 24.0 Å². The fourth-order valence-corrected chi connectivity index (χ4v) is 2.62. The van der Waals surface area contributed by atoms with E-state index in [-0.39, 0.29) is 6.54 Å². The maximum Gasteiger partial charge on any atom is 0.424 e. The second-order valence-corrected chi connectivity index (χ2v) is 6.30. The molecule has 0 fully saturated rings. The Morgan fingerprint density at radius 2 is 1.92 bits per heavy atom. The topological polar surface area (TPSA) is 74.5 Å². The van der Waals surface area contributed by atoms with Gasteiger partial charge in [0.2, 0.25) is 5.60 Å². The van der Waals surface area contributed by atoms with E-state index in [1.807, 2.05) is 6.92 Å². The Bertz CT molecular complexity index is 569. The fraction of sp³-hybridized carbons (Fsp3) is 0.765. The third-order valence-electron chi connectivity index (χ3n) is 4.45. The number of aliphatic imine (C=N–C) groups is 1. The van der Waals surface area contributed by atoms with Crippen molar-refractivity contribution in [1.29, 1.82) is 0 Å². The van der Waals surface area contributed by atoms with Gasteiger partial charge in [0.05, 0.1) is 0 Å². The molecule has 1 aromatic rings. The van der Waals surface area contributed by atoms with Crippen molar-refractivity contribution in [1.82, 2.24) is 20.2 Å². The first-order valence-corrected chi connectivity index (χ1v) is 8.98. The van der Waals surface area contributed by atoms with Gasteiger partial charge in [-0.3, -0.25) is 4.99 Å². The molecular formula is C17H30F3N5O. The number of aryl methyl sites for hydroxylation is 1. The average Bonchev–Trinajstić information content (AvgIpc) is 3.01. The monoisotopic (exact) mass is 377 g/mol. The van der Waals surface area contributed by atoms with E-state index < -0.39 is 24.0 Å². The number of aliphatic hydroxyl groups is 1. The number of guanidine groups is 1. The lowest BCUT2D eigenvalue weighted by atomic mass is 9.97. The Balaban J connectivity index is 2.82. The zero-order chi connectivity index (χ0) is 19.8. The molecule has 0 spiro atoms. The zero-order valence-electron chi connectivity index (χ0n) is 15.9. The molecule has 0 saturated carbocycles. The second-order valence-electron chi connectivity index (χ2n) is 6.30. The van der Waals surface area contributed by atoms with E-state index in [9.17, 15) is 18.3 Å². The molecule has 6 nitrogen and oxygen atoms in total. The first-order valence-electron chi connectivity index (χ1n) is 8.98. The molecule has 0 amide bonds. The number of nitrogens with zero attached hydrogens (tertiary/aromatic N) is 3. The summed E-state index contributed by atoms with van der Waals surface area (Å²) in [7, 11) is 1.42. The SMILES string of the molecule is CCNC(=NCC(CC)CC)NCCC(O)(c1nccn1C)C(F)(F)F. The van der Waals surface area contributed by atoms with Crippen LogP contribution in [-0.4, -0.2) is 46.4 Å². The summed E-state index contributed by atoms with van der Waals surface area (Å²) < 4.78 is 41.6. The minimum atomic E-state index is -4.83. The van der Waals surface area contributed by atoms with Gasteiger partial charge in [-0.05, 0) is 12.8 Å². The van der Waals surface area contributed by atoms with Crippen molar-refractivity contribution in [2.75, 3.05) is 19.6 Å². The van der Waals surface area contributed by atoms with Crippen LogP contribution < -0.4 is 10.6 Å². The number of rotatable bonds is 9. The molecule has 0 saturated heterocycles. The normalized spacial score (nSPS) is 15.2. The predicted molar refractivity (Wildman–Crippen MR) is 95.8 cm³/mol. The summed E-state index contributed by atoms with van der Waals surface area (Å²) in [5.74, 6) is 0.458. The molecule has 1 atom stereocenters. The van der Waals surface area contributed by atoms with Gasteiger partial charge < -0.3 is 20.3 Å². The second kappa shape index (κ2) is 9.80. The molecule has 9 heteroatoms. The largest absolute Gasteiger partial charge is 0.424 e. The number of imidazole rings is 1. The molecule has 0 aromatic carbocycles. The van der Waals surface area contributed by atoms with Crippen LogP contribution in [0.3, 0.4) is 0 Å². The summed E-state index contributed by atoms with van der Waals surface area (Å²) in [5.41, 5.74) is -3.02. The summed E-state index contributed by atoms with van der Waals surface area (Å²) in [6.07, 6.45) is -0.810. The van der Waals surface area contributed by atoms with Crippen molar-refractivity contribution < 1.29 is 18.3 Å². The Labute approximate surface area is 152 Å². The summed E-state index contributed by atoms with van der Waals surface area (Å²) in [6, 6.07) is 0. The van der Waals surface area contributed by atoms with Gasteiger partial charge >= 0.3 is 6.18 Å². The summed E-state index contributed by atoms with van der Waals surface area (Å²) >= 11 is 0. The van der Waals surface area contributed by atoms with Crippen LogP contribution >= 0.6 is 0 Å². The van der Waals surface area contributed by atoms with Gasteiger partial charge in [0.1, 0.15) is 5.82 Å². The fourth-order valence-electron chi connectivity index (χ4n) is 2.62. The van der Waals surface area contributed by atoms with Crippen LogP contribution in [0.4, 0.5) is 13.2 Å². The highest BCUT2D eigenvalue weighted by Gasteiger charge is 2.57. The van der Waals surface area contributed by atoms with E-state index in [1.54, 1.807) is 0 Å². The third kappa shape index (κ3) is 5.62. The van der Waals surface area contributed by atoms with Gasteiger partial charge in [0.25, 0.3) is 0 Å².